The van der Waals surface area contributed by atoms with E-state index in [-0.39, 0.29) is 24.1 Å². The highest BCUT2D eigenvalue weighted by molar-refractivity contribution is 6.39. The van der Waals surface area contributed by atoms with Crippen LogP contribution in [0.1, 0.15) is 24.0 Å². The van der Waals surface area contributed by atoms with Crippen LogP contribution in [0.4, 0.5) is 4.39 Å². The third-order valence-electron chi connectivity index (χ3n) is 4.15. The fraction of sp³-hybridized carbons (Fsp3) is 0.250. The Morgan fingerprint density at radius 3 is 2.50 bits per heavy atom. The van der Waals surface area contributed by atoms with Crippen LogP contribution >= 0.6 is 0 Å². The number of nitrogens with one attached hydrogen (secondary N) is 1. The van der Waals surface area contributed by atoms with Crippen molar-refractivity contribution in [3.05, 3.63) is 71.5 Å². The van der Waals surface area contributed by atoms with E-state index in [1.807, 2.05) is 30.3 Å². The number of amides is 2. The Balaban J connectivity index is 1.56. The lowest BCUT2D eigenvalue weighted by atomic mass is 10.1. The first kappa shape index (κ1) is 17.8. The van der Waals surface area contributed by atoms with Gasteiger partial charge in [-0.3, -0.25) is 9.59 Å². The van der Waals surface area contributed by atoms with Crippen LogP contribution in [0, 0.1) is 5.82 Å². The van der Waals surface area contributed by atoms with Crippen molar-refractivity contribution in [1.82, 2.24) is 10.3 Å². The van der Waals surface area contributed by atoms with Crippen LogP contribution in [-0.2, 0) is 22.6 Å². The molecule has 2 aromatic rings. The van der Waals surface area contributed by atoms with Gasteiger partial charge in [0.05, 0.1) is 6.54 Å². The lowest BCUT2D eigenvalue weighted by Gasteiger charge is -2.23. The average Bonchev–Trinajstić information content (AvgIpc) is 2.66. The van der Waals surface area contributed by atoms with Crippen molar-refractivity contribution in [3.8, 4) is 0 Å². The van der Waals surface area contributed by atoms with E-state index < -0.39 is 0 Å². The van der Waals surface area contributed by atoms with Gasteiger partial charge in [0.1, 0.15) is 11.5 Å². The Kier molecular flexibility index (Phi) is 5.73. The standard InChI is InChI=1S/C20H20FN3O2/c21-17-8-6-15(7-9-17)12-13-22-20(26)18-10-11-19(25)24(23-18)14-16-4-2-1-3-5-16/h1-9H,10-14H2,(H,22,26). The molecule has 0 fully saturated rings. The molecule has 0 bridgehead atoms. The third-order valence-corrected chi connectivity index (χ3v) is 4.15. The molecule has 134 valence electrons. The summed E-state index contributed by atoms with van der Waals surface area (Å²) in [7, 11) is 0. The summed E-state index contributed by atoms with van der Waals surface area (Å²) in [5.74, 6) is -0.632. The minimum atomic E-state index is -0.280. The molecule has 0 saturated heterocycles. The van der Waals surface area contributed by atoms with E-state index in [2.05, 4.69) is 10.4 Å². The van der Waals surface area contributed by atoms with Gasteiger partial charge in [0.25, 0.3) is 5.91 Å². The minimum absolute atomic E-state index is 0.0864. The van der Waals surface area contributed by atoms with Gasteiger partial charge in [-0.15, -0.1) is 0 Å². The first-order chi connectivity index (χ1) is 12.6. The second kappa shape index (κ2) is 8.38. The summed E-state index contributed by atoms with van der Waals surface area (Å²) in [6.45, 7) is 0.780. The Morgan fingerprint density at radius 2 is 1.77 bits per heavy atom. The predicted octanol–water partition coefficient (Wildman–Crippen LogP) is 2.66. The maximum atomic E-state index is 12.9. The van der Waals surface area contributed by atoms with E-state index in [0.717, 1.165) is 11.1 Å². The Hall–Kier alpha value is -3.02. The van der Waals surface area contributed by atoms with Gasteiger partial charge in [0.15, 0.2) is 0 Å². The largest absolute Gasteiger partial charge is 0.351 e. The summed E-state index contributed by atoms with van der Waals surface area (Å²) in [4.78, 5) is 24.4. The van der Waals surface area contributed by atoms with Crippen LogP contribution in [0.5, 0.6) is 0 Å². The number of carbonyl (C=O) groups excluding carboxylic acids is 2. The van der Waals surface area contributed by atoms with Crippen molar-refractivity contribution in [1.29, 1.82) is 0 Å². The third kappa shape index (κ3) is 4.75. The fourth-order valence-electron chi connectivity index (χ4n) is 2.72. The predicted molar refractivity (Wildman–Crippen MR) is 96.8 cm³/mol. The highest BCUT2D eigenvalue weighted by Gasteiger charge is 2.24. The highest BCUT2D eigenvalue weighted by atomic mass is 19.1. The molecule has 26 heavy (non-hydrogen) atoms. The van der Waals surface area contributed by atoms with Crippen LogP contribution in [0.3, 0.4) is 0 Å². The quantitative estimate of drug-likeness (QED) is 0.868. The van der Waals surface area contributed by atoms with Crippen molar-refractivity contribution in [3.63, 3.8) is 0 Å². The second-order valence-corrected chi connectivity index (χ2v) is 6.12. The molecule has 0 atom stereocenters. The van der Waals surface area contributed by atoms with Gasteiger partial charge in [-0.1, -0.05) is 42.5 Å². The molecular formula is C20H20FN3O2. The van der Waals surface area contributed by atoms with E-state index in [9.17, 15) is 14.0 Å². The molecule has 0 aromatic heterocycles. The van der Waals surface area contributed by atoms with E-state index in [0.29, 0.717) is 31.6 Å². The van der Waals surface area contributed by atoms with Crippen LogP contribution < -0.4 is 5.32 Å². The zero-order valence-electron chi connectivity index (χ0n) is 14.3. The maximum Gasteiger partial charge on any atom is 0.267 e. The zero-order chi connectivity index (χ0) is 18.4. The van der Waals surface area contributed by atoms with Gasteiger partial charge in [-0.05, 0) is 29.7 Å². The zero-order valence-corrected chi connectivity index (χ0v) is 14.3. The molecule has 0 spiro atoms. The summed E-state index contributed by atoms with van der Waals surface area (Å²) in [6.07, 6.45) is 1.22. The number of halogens is 1. The Labute approximate surface area is 151 Å². The summed E-state index contributed by atoms with van der Waals surface area (Å²) in [5.41, 5.74) is 2.26. The molecular weight excluding hydrogens is 333 g/mol. The minimum Gasteiger partial charge on any atom is -0.351 e. The first-order valence-electron chi connectivity index (χ1n) is 8.56. The number of hydrogen-bond acceptors (Lipinski definition) is 3. The molecule has 0 aliphatic carbocycles. The number of carbonyl (C=O) groups is 2. The van der Waals surface area contributed by atoms with Gasteiger partial charge in [0.2, 0.25) is 5.91 Å². The molecule has 0 unspecified atom stereocenters. The fourth-order valence-corrected chi connectivity index (χ4v) is 2.72. The van der Waals surface area contributed by atoms with Crippen molar-refractivity contribution in [2.24, 2.45) is 5.10 Å². The summed E-state index contributed by atoms with van der Waals surface area (Å²) >= 11 is 0. The summed E-state index contributed by atoms with van der Waals surface area (Å²) < 4.78 is 12.9. The van der Waals surface area contributed by atoms with Crippen LogP contribution in [0.2, 0.25) is 0 Å². The molecule has 2 amide bonds. The lowest BCUT2D eigenvalue weighted by Crippen LogP contribution is -2.39. The van der Waals surface area contributed by atoms with Crippen molar-refractivity contribution in [2.75, 3.05) is 6.54 Å². The second-order valence-electron chi connectivity index (χ2n) is 6.12. The number of rotatable bonds is 6. The number of nitrogens with zero attached hydrogens (tertiary/aromatic N) is 2. The van der Waals surface area contributed by atoms with E-state index in [1.54, 1.807) is 12.1 Å². The van der Waals surface area contributed by atoms with E-state index in [4.69, 9.17) is 0 Å². The number of hydrazone groups is 1. The maximum absolute atomic E-state index is 12.9. The molecule has 5 nitrogen and oxygen atoms in total. The van der Waals surface area contributed by atoms with Gasteiger partial charge >= 0.3 is 0 Å². The number of hydrogen-bond donors (Lipinski definition) is 1. The Bertz CT molecular complexity index is 804. The SMILES string of the molecule is O=C(NCCc1ccc(F)cc1)C1=NN(Cc2ccccc2)C(=O)CC1. The van der Waals surface area contributed by atoms with E-state index in [1.165, 1.54) is 17.1 Å². The first-order valence-corrected chi connectivity index (χ1v) is 8.56. The van der Waals surface area contributed by atoms with E-state index >= 15 is 0 Å². The van der Waals surface area contributed by atoms with Crippen molar-refractivity contribution in [2.45, 2.75) is 25.8 Å². The van der Waals surface area contributed by atoms with Crippen LogP contribution in [0.15, 0.2) is 59.7 Å². The molecule has 1 aliphatic heterocycles. The molecule has 6 heteroatoms. The highest BCUT2D eigenvalue weighted by Crippen LogP contribution is 2.13. The summed E-state index contributed by atoms with van der Waals surface area (Å²) in [6, 6.07) is 15.7. The molecule has 1 heterocycles. The molecule has 0 radical (unpaired) electrons. The number of benzene rings is 2. The normalized spacial score (nSPS) is 14.1. The van der Waals surface area contributed by atoms with Crippen molar-refractivity contribution >= 4 is 17.5 Å². The van der Waals surface area contributed by atoms with Crippen LogP contribution in [-0.4, -0.2) is 29.1 Å². The smallest absolute Gasteiger partial charge is 0.267 e. The van der Waals surface area contributed by atoms with Crippen molar-refractivity contribution < 1.29 is 14.0 Å². The molecule has 3 rings (SSSR count). The lowest BCUT2D eigenvalue weighted by molar-refractivity contribution is -0.132. The molecule has 1 aliphatic rings. The Morgan fingerprint density at radius 1 is 1.04 bits per heavy atom. The molecule has 2 aromatic carbocycles. The van der Waals surface area contributed by atoms with Gasteiger partial charge in [-0.25, -0.2) is 9.40 Å². The van der Waals surface area contributed by atoms with Gasteiger partial charge < -0.3 is 5.32 Å². The average molecular weight is 353 g/mol. The molecule has 1 N–H and O–H groups in total. The topological polar surface area (TPSA) is 61.8 Å². The van der Waals surface area contributed by atoms with Crippen LogP contribution in [0.25, 0.3) is 0 Å². The molecule has 0 saturated carbocycles. The van der Waals surface area contributed by atoms with Gasteiger partial charge in [-0.2, -0.15) is 5.10 Å². The summed E-state index contributed by atoms with van der Waals surface area (Å²) in [5, 5.41) is 8.40. The van der Waals surface area contributed by atoms with Gasteiger partial charge in [0, 0.05) is 19.4 Å². The monoisotopic (exact) mass is 353 g/mol.